The summed E-state index contributed by atoms with van der Waals surface area (Å²) in [4.78, 5) is 12.6. The lowest BCUT2D eigenvalue weighted by Crippen LogP contribution is -2.41. The number of carbonyl (C=O) groups excluding carboxylic acids is 1. The number of hydrogen-bond acceptors (Lipinski definition) is 6. The highest BCUT2D eigenvalue weighted by atomic mass is 32.2. The molecule has 0 unspecified atom stereocenters. The topological polar surface area (TPSA) is 84.9 Å². The number of thioether (sulfide) groups is 1. The Hall–Kier alpha value is -2.46. The van der Waals surface area contributed by atoms with E-state index in [9.17, 15) is 17.6 Å². The van der Waals surface area contributed by atoms with Crippen molar-refractivity contribution < 1.29 is 27.1 Å². The van der Waals surface area contributed by atoms with Crippen LogP contribution in [0.3, 0.4) is 0 Å². The lowest BCUT2D eigenvalue weighted by Gasteiger charge is -2.25. The van der Waals surface area contributed by atoms with Crippen molar-refractivity contribution in [2.24, 2.45) is 0 Å². The summed E-state index contributed by atoms with van der Waals surface area (Å²) >= 11 is 1.84. The molecule has 2 aromatic carbocycles. The van der Waals surface area contributed by atoms with E-state index in [1.54, 1.807) is 0 Å². The van der Waals surface area contributed by atoms with Gasteiger partial charge in [-0.25, -0.2) is 12.8 Å². The van der Waals surface area contributed by atoms with Crippen molar-refractivity contribution in [2.75, 3.05) is 36.4 Å². The predicted octanol–water partition coefficient (Wildman–Crippen LogP) is 3.58. The quantitative estimate of drug-likeness (QED) is 0.537. The fourth-order valence-electron chi connectivity index (χ4n) is 3.89. The standard InChI is InChI=1S/C23H27FN2O5S2/c24-17-5-7-18(8-6-17)26(16-23(27)25-11-14-32-19-3-1-2-4-19)33(28,29)20-9-10-21-22(15-20)31-13-12-30-21/h5-10,15,19H,1-4,11-14,16H2,(H,25,27). The summed E-state index contributed by atoms with van der Waals surface area (Å²) in [6.07, 6.45) is 4.94. The van der Waals surface area contributed by atoms with E-state index in [-0.39, 0.29) is 10.6 Å². The minimum atomic E-state index is -4.13. The van der Waals surface area contributed by atoms with E-state index in [4.69, 9.17) is 9.47 Å². The molecule has 2 aliphatic rings. The molecule has 1 N–H and O–H groups in total. The first-order valence-corrected chi connectivity index (χ1v) is 13.5. The fraction of sp³-hybridized carbons (Fsp3) is 0.435. The highest BCUT2D eigenvalue weighted by molar-refractivity contribution is 7.99. The Morgan fingerprint density at radius 2 is 1.76 bits per heavy atom. The number of carbonyl (C=O) groups is 1. The first-order chi connectivity index (χ1) is 15.9. The van der Waals surface area contributed by atoms with Gasteiger partial charge in [-0.05, 0) is 49.2 Å². The highest BCUT2D eigenvalue weighted by Crippen LogP contribution is 2.34. The smallest absolute Gasteiger partial charge is 0.264 e. The molecular formula is C23H27FN2O5S2. The van der Waals surface area contributed by atoms with Crippen LogP contribution in [0.1, 0.15) is 25.7 Å². The molecule has 0 aromatic heterocycles. The van der Waals surface area contributed by atoms with E-state index in [1.165, 1.54) is 56.0 Å². The first-order valence-electron chi connectivity index (χ1n) is 11.0. The van der Waals surface area contributed by atoms with E-state index >= 15 is 0 Å². The second kappa shape index (κ2) is 10.6. The molecule has 10 heteroatoms. The third kappa shape index (κ3) is 5.92. The number of amides is 1. The molecule has 33 heavy (non-hydrogen) atoms. The number of halogens is 1. The van der Waals surface area contributed by atoms with E-state index < -0.39 is 28.3 Å². The Kier molecular flexibility index (Phi) is 7.64. The third-order valence-electron chi connectivity index (χ3n) is 5.58. The summed E-state index contributed by atoms with van der Waals surface area (Å²) < 4.78 is 52.4. The molecule has 0 atom stereocenters. The molecule has 4 rings (SSSR count). The Labute approximate surface area is 197 Å². The van der Waals surface area contributed by atoms with Gasteiger partial charge >= 0.3 is 0 Å². The van der Waals surface area contributed by atoms with Gasteiger partial charge in [0, 0.05) is 23.6 Å². The summed E-state index contributed by atoms with van der Waals surface area (Å²) in [6, 6.07) is 9.34. The average molecular weight is 495 g/mol. The molecule has 0 radical (unpaired) electrons. The Morgan fingerprint density at radius 1 is 1.06 bits per heavy atom. The van der Waals surface area contributed by atoms with Gasteiger partial charge in [-0.2, -0.15) is 11.8 Å². The van der Waals surface area contributed by atoms with Crippen LogP contribution in [-0.4, -0.2) is 51.6 Å². The van der Waals surface area contributed by atoms with Gasteiger partial charge in [0.05, 0.1) is 10.6 Å². The van der Waals surface area contributed by atoms with Crippen molar-refractivity contribution in [1.82, 2.24) is 5.32 Å². The van der Waals surface area contributed by atoms with Crippen molar-refractivity contribution in [2.45, 2.75) is 35.8 Å². The van der Waals surface area contributed by atoms with E-state index in [1.807, 2.05) is 11.8 Å². The number of nitrogens with zero attached hydrogens (tertiary/aromatic N) is 1. The number of ether oxygens (including phenoxy) is 2. The molecule has 1 fully saturated rings. The van der Waals surface area contributed by atoms with Crippen LogP contribution in [0.25, 0.3) is 0 Å². The maximum absolute atomic E-state index is 13.5. The van der Waals surface area contributed by atoms with Gasteiger partial charge in [-0.15, -0.1) is 0 Å². The van der Waals surface area contributed by atoms with Crippen LogP contribution in [0, 0.1) is 5.82 Å². The Morgan fingerprint density at radius 3 is 2.48 bits per heavy atom. The number of fused-ring (bicyclic) bond motifs is 1. The largest absolute Gasteiger partial charge is 0.486 e. The zero-order valence-corrected chi connectivity index (χ0v) is 19.8. The minimum Gasteiger partial charge on any atom is -0.486 e. The fourth-order valence-corrected chi connectivity index (χ4v) is 6.55. The molecule has 7 nitrogen and oxygen atoms in total. The van der Waals surface area contributed by atoms with Crippen molar-refractivity contribution >= 4 is 33.4 Å². The minimum absolute atomic E-state index is 0.0411. The van der Waals surface area contributed by atoms with Crippen LogP contribution < -0.4 is 19.1 Å². The number of sulfonamides is 1. The van der Waals surface area contributed by atoms with Crippen LogP contribution in [-0.2, 0) is 14.8 Å². The molecule has 2 aromatic rings. The number of hydrogen-bond donors (Lipinski definition) is 1. The van der Waals surface area contributed by atoms with Crippen molar-refractivity contribution in [3.8, 4) is 11.5 Å². The lowest BCUT2D eigenvalue weighted by molar-refractivity contribution is -0.119. The summed E-state index contributed by atoms with van der Waals surface area (Å²) in [5, 5.41) is 3.45. The number of rotatable bonds is 9. The first kappa shape index (κ1) is 23.7. The number of benzene rings is 2. The van der Waals surface area contributed by atoms with Crippen LogP contribution in [0.4, 0.5) is 10.1 Å². The number of anilines is 1. The third-order valence-corrected chi connectivity index (χ3v) is 8.74. The Bertz CT molecular complexity index is 1070. The average Bonchev–Trinajstić information content (AvgIpc) is 3.34. The zero-order chi connectivity index (χ0) is 23.3. The molecule has 1 aliphatic carbocycles. The highest BCUT2D eigenvalue weighted by Gasteiger charge is 2.29. The maximum Gasteiger partial charge on any atom is 0.264 e. The van der Waals surface area contributed by atoms with Crippen LogP contribution >= 0.6 is 11.8 Å². The summed E-state index contributed by atoms with van der Waals surface area (Å²) in [5.74, 6) is 0.652. The second-order valence-corrected chi connectivity index (χ2v) is 11.2. The molecule has 0 bridgehead atoms. The van der Waals surface area contributed by atoms with Crippen LogP contribution in [0.5, 0.6) is 11.5 Å². The second-order valence-electron chi connectivity index (χ2n) is 7.92. The maximum atomic E-state index is 13.5. The van der Waals surface area contributed by atoms with Gasteiger partial charge < -0.3 is 14.8 Å². The van der Waals surface area contributed by atoms with Crippen molar-refractivity contribution in [3.05, 3.63) is 48.3 Å². The van der Waals surface area contributed by atoms with Crippen molar-refractivity contribution in [3.63, 3.8) is 0 Å². The summed E-state index contributed by atoms with van der Waals surface area (Å²) in [6.45, 7) is 0.747. The molecular weight excluding hydrogens is 467 g/mol. The summed E-state index contributed by atoms with van der Waals surface area (Å²) in [5.41, 5.74) is 0.196. The monoisotopic (exact) mass is 494 g/mol. The van der Waals surface area contributed by atoms with E-state index in [0.29, 0.717) is 36.5 Å². The lowest BCUT2D eigenvalue weighted by atomic mass is 10.3. The molecule has 1 saturated carbocycles. The molecule has 1 heterocycles. The predicted molar refractivity (Wildman–Crippen MR) is 126 cm³/mol. The van der Waals surface area contributed by atoms with E-state index in [2.05, 4.69) is 5.32 Å². The van der Waals surface area contributed by atoms with Gasteiger partial charge in [0.1, 0.15) is 25.6 Å². The zero-order valence-electron chi connectivity index (χ0n) is 18.2. The molecule has 0 spiro atoms. The summed E-state index contributed by atoms with van der Waals surface area (Å²) in [7, 11) is -4.13. The van der Waals surface area contributed by atoms with E-state index in [0.717, 1.165) is 22.2 Å². The van der Waals surface area contributed by atoms with Crippen LogP contribution in [0.15, 0.2) is 47.4 Å². The molecule has 178 valence electrons. The SMILES string of the molecule is O=C(CN(c1ccc(F)cc1)S(=O)(=O)c1ccc2c(c1)OCCO2)NCCSC1CCCC1. The molecule has 1 aliphatic heterocycles. The van der Waals surface area contributed by atoms with Gasteiger partial charge in [0.25, 0.3) is 10.0 Å². The van der Waals surface area contributed by atoms with Gasteiger partial charge in [-0.1, -0.05) is 12.8 Å². The van der Waals surface area contributed by atoms with Gasteiger partial charge in [-0.3, -0.25) is 9.10 Å². The molecule has 1 amide bonds. The van der Waals surface area contributed by atoms with Gasteiger partial charge in [0.15, 0.2) is 11.5 Å². The Balaban J connectivity index is 1.49. The molecule has 0 saturated heterocycles. The van der Waals surface area contributed by atoms with Crippen LogP contribution in [0.2, 0.25) is 0 Å². The normalized spacial score (nSPS) is 15.9. The van der Waals surface area contributed by atoms with Crippen molar-refractivity contribution in [1.29, 1.82) is 0 Å². The number of nitrogens with one attached hydrogen (secondary N) is 1. The van der Waals surface area contributed by atoms with Gasteiger partial charge in [0.2, 0.25) is 5.91 Å².